The van der Waals surface area contributed by atoms with Crippen molar-refractivity contribution < 1.29 is 29.0 Å². The maximum atomic E-state index is 5.61. The average molecular weight is 448 g/mol. The molecule has 0 saturated carbocycles. The van der Waals surface area contributed by atoms with E-state index in [0.717, 1.165) is 0 Å². The number of nitrogens with zero attached hydrogens (tertiary/aromatic N) is 2. The molecule has 0 unspecified atom stereocenters. The molecular formula is C24H34N2O2Zn. The largest absolute Gasteiger partial charge is 2.00 e. The fourth-order valence-electron chi connectivity index (χ4n) is 2.64. The molecule has 0 spiro atoms. The Kier molecular flexibility index (Phi) is 9.49. The van der Waals surface area contributed by atoms with E-state index in [0.29, 0.717) is 25.0 Å². The average Bonchev–Trinajstić information content (AvgIpc) is 3.26. The van der Waals surface area contributed by atoms with Gasteiger partial charge in [-0.2, -0.15) is 0 Å². The zero-order valence-corrected chi connectivity index (χ0v) is 21.8. The smallest absolute Gasteiger partial charge is 0.648 e. The zero-order valence-electron chi connectivity index (χ0n) is 18.8. The van der Waals surface area contributed by atoms with Gasteiger partial charge in [-0.05, 0) is 10.8 Å². The van der Waals surface area contributed by atoms with Gasteiger partial charge in [-0.15, -0.1) is 5.56 Å². The van der Waals surface area contributed by atoms with Gasteiger partial charge in [0, 0.05) is 12.0 Å². The van der Waals surface area contributed by atoms with Crippen molar-refractivity contribution >= 4 is 12.0 Å². The van der Waals surface area contributed by atoms with Crippen LogP contribution in [0, 0.1) is 17.8 Å². The third-order valence-corrected chi connectivity index (χ3v) is 4.70. The van der Waals surface area contributed by atoms with Gasteiger partial charge in [0.2, 0.25) is 5.90 Å². The van der Waals surface area contributed by atoms with Crippen molar-refractivity contribution in [1.29, 1.82) is 0 Å². The van der Waals surface area contributed by atoms with Crippen LogP contribution in [0.3, 0.4) is 0 Å². The molecule has 0 aromatic heterocycles. The van der Waals surface area contributed by atoms with Crippen molar-refractivity contribution in [1.82, 2.24) is 0 Å². The molecule has 0 N–H and O–H groups in total. The second-order valence-electron chi connectivity index (χ2n) is 9.28. The Labute approximate surface area is 189 Å². The minimum Gasteiger partial charge on any atom is -0.648 e. The first-order valence-corrected chi connectivity index (χ1v) is 9.86. The Hall–Kier alpha value is -1.74. The van der Waals surface area contributed by atoms with Crippen LogP contribution in [0.15, 0.2) is 53.4 Å². The van der Waals surface area contributed by atoms with Gasteiger partial charge in [-0.25, -0.2) is 24.1 Å². The van der Waals surface area contributed by atoms with Crippen LogP contribution in [-0.2, 0) is 29.0 Å². The first-order valence-electron chi connectivity index (χ1n) is 9.86. The van der Waals surface area contributed by atoms with E-state index in [4.69, 9.17) is 9.47 Å². The van der Waals surface area contributed by atoms with Crippen LogP contribution in [-0.4, -0.2) is 31.2 Å². The summed E-state index contributed by atoms with van der Waals surface area (Å²) < 4.78 is 11.2. The second kappa shape index (κ2) is 10.9. The van der Waals surface area contributed by atoms with E-state index >= 15 is 0 Å². The third-order valence-electron chi connectivity index (χ3n) is 4.70. The van der Waals surface area contributed by atoms with Crippen LogP contribution in [0.1, 0.15) is 47.1 Å². The molecule has 154 valence electrons. The van der Waals surface area contributed by atoms with E-state index in [1.807, 2.05) is 42.5 Å². The van der Waals surface area contributed by atoms with Gasteiger partial charge in [0.25, 0.3) is 0 Å². The monoisotopic (exact) mass is 446 g/mol. The summed E-state index contributed by atoms with van der Waals surface area (Å²) >= 11 is 0. The van der Waals surface area contributed by atoms with E-state index in [9.17, 15) is 0 Å². The summed E-state index contributed by atoms with van der Waals surface area (Å²) in [4.78, 5) is 4.59. The Morgan fingerprint density at radius 2 is 1.66 bits per heavy atom. The summed E-state index contributed by atoms with van der Waals surface area (Å²) in [6.07, 6.45) is 5.58. The van der Waals surface area contributed by atoms with Gasteiger partial charge in [0.15, 0.2) is 0 Å². The SMILES string of the molecule is CC(C)(C)[C@H]1COC(/C=C2/[N-][C@@H](C(C)(C)C)CO2)=N1.[CH2-]/C=C/c1ccccc1.[Zn+2]. The van der Waals surface area contributed by atoms with Crippen molar-refractivity contribution in [2.45, 2.75) is 53.6 Å². The van der Waals surface area contributed by atoms with Crippen LogP contribution in [0.5, 0.6) is 0 Å². The number of benzene rings is 1. The fourth-order valence-corrected chi connectivity index (χ4v) is 2.64. The van der Waals surface area contributed by atoms with Crippen LogP contribution in [0.2, 0.25) is 0 Å². The summed E-state index contributed by atoms with van der Waals surface area (Å²) in [7, 11) is 0. The molecule has 4 nitrogen and oxygen atoms in total. The molecule has 1 fully saturated rings. The summed E-state index contributed by atoms with van der Waals surface area (Å²) in [6, 6.07) is 10.5. The van der Waals surface area contributed by atoms with Crippen molar-refractivity contribution in [2.75, 3.05) is 13.2 Å². The van der Waals surface area contributed by atoms with E-state index in [1.165, 1.54) is 5.56 Å². The van der Waals surface area contributed by atoms with Crippen molar-refractivity contribution in [3.63, 3.8) is 0 Å². The van der Waals surface area contributed by atoms with Crippen LogP contribution in [0.4, 0.5) is 0 Å². The molecule has 2 aliphatic heterocycles. The minimum absolute atomic E-state index is 0. The van der Waals surface area contributed by atoms with Gasteiger partial charge < -0.3 is 14.8 Å². The molecule has 3 rings (SSSR count). The molecule has 0 amide bonds. The van der Waals surface area contributed by atoms with E-state index in [1.54, 1.807) is 6.08 Å². The normalized spacial score (nSPS) is 22.7. The van der Waals surface area contributed by atoms with Crippen molar-refractivity contribution in [2.24, 2.45) is 15.8 Å². The van der Waals surface area contributed by atoms with Crippen molar-refractivity contribution in [3.8, 4) is 0 Å². The molecule has 0 aliphatic carbocycles. The number of rotatable bonds is 2. The van der Waals surface area contributed by atoms with Gasteiger partial charge in [0.1, 0.15) is 6.61 Å². The van der Waals surface area contributed by atoms with E-state index < -0.39 is 0 Å². The number of allylic oxidation sites excluding steroid dienone is 1. The molecule has 5 heteroatoms. The summed E-state index contributed by atoms with van der Waals surface area (Å²) in [6.45, 7) is 17.9. The minimum atomic E-state index is 0. The number of ether oxygens (including phenoxy) is 2. The van der Waals surface area contributed by atoms with Gasteiger partial charge >= 0.3 is 19.5 Å². The van der Waals surface area contributed by atoms with E-state index in [2.05, 4.69) is 58.8 Å². The number of hydrogen-bond donors (Lipinski definition) is 0. The molecular weight excluding hydrogens is 414 g/mol. The summed E-state index contributed by atoms with van der Waals surface area (Å²) in [5.74, 6) is 1.29. The second-order valence-corrected chi connectivity index (χ2v) is 9.28. The Bertz CT molecular complexity index is 713. The molecule has 2 heterocycles. The molecule has 0 radical (unpaired) electrons. The Balaban J connectivity index is 0.000000355. The predicted octanol–water partition coefficient (Wildman–Crippen LogP) is 6.02. The standard InChI is InChI=1S/C15H25N2O2.C9H9.Zn/c1-14(2,3)10-8-18-12(16-10)7-13-17-11(9-19-13)15(4,5)6;1-2-6-9-7-4-3-5-8-9;/h7,10-11H,8-9H2,1-6H3;2-8H,1H2;/q2*-1;+2/b12-7-;6-2+;/t10-,11-;;/m1../s1. The Morgan fingerprint density at radius 3 is 2.14 bits per heavy atom. The Morgan fingerprint density at radius 1 is 1.00 bits per heavy atom. The van der Waals surface area contributed by atoms with Crippen LogP contribution >= 0.6 is 0 Å². The van der Waals surface area contributed by atoms with Gasteiger partial charge in [-0.3, -0.25) is 0 Å². The van der Waals surface area contributed by atoms with E-state index in [-0.39, 0.29) is 42.4 Å². The molecule has 29 heavy (non-hydrogen) atoms. The zero-order chi connectivity index (χ0) is 20.8. The first kappa shape index (κ1) is 25.3. The third kappa shape index (κ3) is 8.26. The first-order chi connectivity index (χ1) is 13.1. The number of hydrogen-bond acceptors (Lipinski definition) is 3. The molecule has 1 aromatic rings. The summed E-state index contributed by atoms with van der Waals surface area (Å²) in [5, 5.41) is 4.59. The summed E-state index contributed by atoms with van der Waals surface area (Å²) in [5.41, 5.74) is 1.46. The van der Waals surface area contributed by atoms with Gasteiger partial charge in [-0.1, -0.05) is 77.9 Å². The molecule has 0 bridgehead atoms. The van der Waals surface area contributed by atoms with Crippen LogP contribution in [0.25, 0.3) is 11.4 Å². The predicted molar refractivity (Wildman–Crippen MR) is 118 cm³/mol. The number of aliphatic imine (C=N–C) groups is 1. The molecule has 1 saturated heterocycles. The topological polar surface area (TPSA) is 44.9 Å². The molecule has 2 aliphatic rings. The van der Waals surface area contributed by atoms with Crippen molar-refractivity contribution in [3.05, 3.63) is 66.2 Å². The maximum absolute atomic E-state index is 5.61. The molecule has 1 aromatic carbocycles. The maximum Gasteiger partial charge on any atom is 2.00 e. The molecule has 2 atom stereocenters. The fraction of sp³-hybridized carbons (Fsp3) is 0.500. The quantitative estimate of drug-likeness (QED) is 0.411. The van der Waals surface area contributed by atoms with Gasteiger partial charge in [0.05, 0.1) is 12.6 Å². The van der Waals surface area contributed by atoms with Crippen LogP contribution < -0.4 is 0 Å².